The van der Waals surface area contributed by atoms with E-state index in [0.717, 1.165) is 12.8 Å². The first kappa shape index (κ1) is 13.7. The Kier molecular flexibility index (Phi) is 4.31. The molecule has 0 aliphatic heterocycles. The van der Waals surface area contributed by atoms with Crippen LogP contribution in [-0.2, 0) is 9.59 Å². The van der Waals surface area contributed by atoms with Crippen molar-refractivity contribution in [1.82, 2.24) is 10.2 Å². The second-order valence-corrected chi connectivity index (χ2v) is 4.95. The number of hydrogen-bond acceptors (Lipinski definition) is 4. The van der Waals surface area contributed by atoms with E-state index in [1.807, 2.05) is 0 Å². The van der Waals surface area contributed by atoms with Crippen molar-refractivity contribution in [3.8, 4) is 0 Å². The summed E-state index contributed by atoms with van der Waals surface area (Å²) in [4.78, 5) is 23.2. The summed E-state index contributed by atoms with van der Waals surface area (Å²) in [6.07, 6.45) is 2.85. The highest BCUT2D eigenvalue weighted by Crippen LogP contribution is 2.31. The number of carboxylic acid groups (broad SMARTS) is 1. The number of amides is 1. The van der Waals surface area contributed by atoms with Gasteiger partial charge in [-0.3, -0.25) is 9.59 Å². The highest BCUT2D eigenvalue weighted by atomic mass is 35.5. The van der Waals surface area contributed by atoms with Gasteiger partial charge in [0.1, 0.15) is 0 Å². The molecule has 1 aromatic heterocycles. The standard InChI is InChI=1S/C12H14ClN3O3/c13-9-5-6-10(16-15-9)14-11(17)7-3-1-2-4-8(7)12(18)19/h5-8H,1-4H2,(H,18,19)(H,14,16,17)/t7-,8+/m1/s1. The largest absolute Gasteiger partial charge is 0.481 e. The van der Waals surface area contributed by atoms with Crippen molar-refractivity contribution >= 4 is 29.3 Å². The number of aliphatic carboxylic acids is 1. The Labute approximate surface area is 115 Å². The smallest absolute Gasteiger partial charge is 0.307 e. The molecule has 0 aromatic carbocycles. The van der Waals surface area contributed by atoms with E-state index in [2.05, 4.69) is 15.5 Å². The predicted octanol–water partition coefficient (Wildman–Crippen LogP) is 1.96. The summed E-state index contributed by atoms with van der Waals surface area (Å²) in [7, 11) is 0. The minimum absolute atomic E-state index is 0.235. The number of carboxylic acids is 1. The molecule has 1 heterocycles. The summed E-state index contributed by atoms with van der Waals surface area (Å²) in [6, 6.07) is 3.05. The van der Waals surface area contributed by atoms with Crippen molar-refractivity contribution < 1.29 is 14.7 Å². The van der Waals surface area contributed by atoms with E-state index in [0.29, 0.717) is 12.8 Å². The molecule has 102 valence electrons. The molecular formula is C12H14ClN3O3. The molecule has 1 aromatic rings. The van der Waals surface area contributed by atoms with Crippen molar-refractivity contribution in [1.29, 1.82) is 0 Å². The Morgan fingerprint density at radius 2 is 1.89 bits per heavy atom. The van der Waals surface area contributed by atoms with Crippen LogP contribution in [0.25, 0.3) is 0 Å². The molecule has 1 saturated carbocycles. The van der Waals surface area contributed by atoms with Crippen LogP contribution in [0.5, 0.6) is 0 Å². The lowest BCUT2D eigenvalue weighted by molar-refractivity contribution is -0.147. The molecule has 1 aliphatic carbocycles. The fourth-order valence-corrected chi connectivity index (χ4v) is 2.44. The summed E-state index contributed by atoms with van der Waals surface area (Å²) in [5.41, 5.74) is 0. The topological polar surface area (TPSA) is 92.2 Å². The van der Waals surface area contributed by atoms with Crippen LogP contribution in [0.1, 0.15) is 25.7 Å². The third-order valence-corrected chi connectivity index (χ3v) is 3.50. The molecule has 0 unspecified atom stereocenters. The number of rotatable bonds is 3. The number of halogens is 1. The van der Waals surface area contributed by atoms with E-state index in [9.17, 15) is 9.59 Å². The Bertz CT molecular complexity index is 478. The lowest BCUT2D eigenvalue weighted by atomic mass is 9.79. The zero-order valence-corrected chi connectivity index (χ0v) is 10.9. The van der Waals surface area contributed by atoms with Gasteiger partial charge < -0.3 is 10.4 Å². The SMILES string of the molecule is O=C(O)[C@H]1CCCC[C@H]1C(=O)Nc1ccc(Cl)nn1. The molecule has 0 radical (unpaired) electrons. The van der Waals surface area contributed by atoms with Gasteiger partial charge in [0.25, 0.3) is 0 Å². The van der Waals surface area contributed by atoms with Crippen LogP contribution in [0.15, 0.2) is 12.1 Å². The first-order valence-corrected chi connectivity index (χ1v) is 6.48. The van der Waals surface area contributed by atoms with Gasteiger partial charge in [0.2, 0.25) is 5.91 Å². The number of nitrogens with one attached hydrogen (secondary N) is 1. The molecule has 1 amide bonds. The fourth-order valence-electron chi connectivity index (χ4n) is 2.34. The van der Waals surface area contributed by atoms with Crippen LogP contribution < -0.4 is 5.32 Å². The molecule has 7 heteroatoms. The quantitative estimate of drug-likeness (QED) is 0.884. The second-order valence-electron chi connectivity index (χ2n) is 4.57. The first-order valence-electron chi connectivity index (χ1n) is 6.11. The van der Waals surface area contributed by atoms with Crippen molar-refractivity contribution in [3.63, 3.8) is 0 Å². The Hall–Kier alpha value is -1.69. The number of anilines is 1. The third-order valence-electron chi connectivity index (χ3n) is 3.30. The normalized spacial score (nSPS) is 22.8. The zero-order valence-electron chi connectivity index (χ0n) is 10.2. The molecule has 2 atom stereocenters. The first-order chi connectivity index (χ1) is 9.08. The molecular weight excluding hydrogens is 270 g/mol. The Morgan fingerprint density at radius 3 is 2.47 bits per heavy atom. The van der Waals surface area contributed by atoms with Crippen LogP contribution in [0.4, 0.5) is 5.82 Å². The maximum absolute atomic E-state index is 12.1. The fraction of sp³-hybridized carbons (Fsp3) is 0.500. The minimum Gasteiger partial charge on any atom is -0.481 e. The number of carbonyl (C=O) groups excluding carboxylic acids is 1. The number of aromatic nitrogens is 2. The van der Waals surface area contributed by atoms with Gasteiger partial charge >= 0.3 is 5.97 Å². The maximum Gasteiger partial charge on any atom is 0.307 e. The lowest BCUT2D eigenvalue weighted by Crippen LogP contribution is -2.36. The van der Waals surface area contributed by atoms with Gasteiger partial charge in [0.15, 0.2) is 11.0 Å². The molecule has 0 bridgehead atoms. The van der Waals surface area contributed by atoms with E-state index in [4.69, 9.17) is 16.7 Å². The highest BCUT2D eigenvalue weighted by molar-refractivity contribution is 6.29. The van der Waals surface area contributed by atoms with Gasteiger partial charge in [-0.25, -0.2) is 0 Å². The Morgan fingerprint density at radius 1 is 1.21 bits per heavy atom. The summed E-state index contributed by atoms with van der Waals surface area (Å²) >= 11 is 5.60. The molecule has 2 N–H and O–H groups in total. The van der Waals surface area contributed by atoms with Crippen LogP contribution in [0, 0.1) is 11.8 Å². The van der Waals surface area contributed by atoms with E-state index in [1.54, 1.807) is 0 Å². The van der Waals surface area contributed by atoms with E-state index >= 15 is 0 Å². The van der Waals surface area contributed by atoms with Gasteiger partial charge in [-0.2, -0.15) is 0 Å². The van der Waals surface area contributed by atoms with E-state index in [-0.39, 0.29) is 16.9 Å². The number of nitrogens with zero attached hydrogens (tertiary/aromatic N) is 2. The highest BCUT2D eigenvalue weighted by Gasteiger charge is 2.35. The predicted molar refractivity (Wildman–Crippen MR) is 68.8 cm³/mol. The average Bonchev–Trinajstić information content (AvgIpc) is 2.41. The Balaban J connectivity index is 2.05. The summed E-state index contributed by atoms with van der Waals surface area (Å²) < 4.78 is 0. The van der Waals surface area contributed by atoms with Gasteiger partial charge in [-0.1, -0.05) is 24.4 Å². The molecule has 6 nitrogen and oxygen atoms in total. The molecule has 0 spiro atoms. The van der Waals surface area contributed by atoms with Gasteiger partial charge in [-0.05, 0) is 25.0 Å². The van der Waals surface area contributed by atoms with E-state index < -0.39 is 17.8 Å². The number of carbonyl (C=O) groups is 2. The second kappa shape index (κ2) is 5.97. The maximum atomic E-state index is 12.1. The monoisotopic (exact) mass is 283 g/mol. The average molecular weight is 284 g/mol. The molecule has 2 rings (SSSR count). The number of hydrogen-bond donors (Lipinski definition) is 2. The van der Waals surface area contributed by atoms with Crippen LogP contribution in [-0.4, -0.2) is 27.2 Å². The lowest BCUT2D eigenvalue weighted by Gasteiger charge is -2.27. The van der Waals surface area contributed by atoms with Crippen LogP contribution >= 0.6 is 11.6 Å². The summed E-state index contributed by atoms with van der Waals surface area (Å²) in [6.45, 7) is 0. The third kappa shape index (κ3) is 3.41. The summed E-state index contributed by atoms with van der Waals surface area (Å²) in [5.74, 6) is -2.08. The summed E-state index contributed by atoms with van der Waals surface area (Å²) in [5, 5.41) is 19.3. The minimum atomic E-state index is -0.915. The van der Waals surface area contributed by atoms with Crippen LogP contribution in [0.2, 0.25) is 5.15 Å². The van der Waals surface area contributed by atoms with Crippen molar-refractivity contribution in [2.24, 2.45) is 11.8 Å². The van der Waals surface area contributed by atoms with E-state index in [1.165, 1.54) is 12.1 Å². The van der Waals surface area contributed by atoms with Gasteiger partial charge in [0, 0.05) is 0 Å². The molecule has 0 saturated heterocycles. The van der Waals surface area contributed by atoms with Crippen molar-refractivity contribution in [2.75, 3.05) is 5.32 Å². The molecule has 1 fully saturated rings. The van der Waals surface area contributed by atoms with Crippen LogP contribution in [0.3, 0.4) is 0 Å². The van der Waals surface area contributed by atoms with Crippen molar-refractivity contribution in [3.05, 3.63) is 17.3 Å². The van der Waals surface area contributed by atoms with Gasteiger partial charge in [0.05, 0.1) is 11.8 Å². The van der Waals surface area contributed by atoms with Crippen molar-refractivity contribution in [2.45, 2.75) is 25.7 Å². The molecule has 19 heavy (non-hydrogen) atoms. The zero-order chi connectivity index (χ0) is 13.8. The molecule has 1 aliphatic rings. The van der Waals surface area contributed by atoms with Gasteiger partial charge in [-0.15, -0.1) is 10.2 Å².